The third kappa shape index (κ3) is 2.01. The lowest BCUT2D eigenvalue weighted by Crippen LogP contribution is -2.56. The van der Waals surface area contributed by atoms with E-state index in [0.29, 0.717) is 0 Å². The summed E-state index contributed by atoms with van der Waals surface area (Å²) in [4.78, 5) is 34.4. The number of rotatable bonds is 2. The summed E-state index contributed by atoms with van der Waals surface area (Å²) in [6.07, 6.45) is -0.0406. The fourth-order valence-electron chi connectivity index (χ4n) is 1.11. The topological polar surface area (TPSA) is 75.7 Å². The van der Waals surface area contributed by atoms with Crippen molar-refractivity contribution in [2.45, 2.75) is 19.4 Å². The summed E-state index contributed by atoms with van der Waals surface area (Å²) in [6.45, 7) is 1.89. The van der Waals surface area contributed by atoms with Gasteiger partial charge in [-0.3, -0.25) is 9.69 Å². The molecule has 1 aliphatic rings. The zero-order valence-corrected chi connectivity index (χ0v) is 8.07. The van der Waals surface area contributed by atoms with E-state index in [1.807, 2.05) is 0 Å². The van der Waals surface area contributed by atoms with Crippen molar-refractivity contribution in [1.82, 2.24) is 10.2 Å². The fourth-order valence-corrected chi connectivity index (χ4v) is 1.11. The predicted octanol–water partition coefficient (Wildman–Crippen LogP) is -0.510. The van der Waals surface area contributed by atoms with Crippen LogP contribution < -0.4 is 5.32 Å². The van der Waals surface area contributed by atoms with E-state index in [4.69, 9.17) is 0 Å². The smallest absolute Gasteiger partial charge is 0.329 e. The highest BCUT2D eigenvalue weighted by Gasteiger charge is 2.34. The van der Waals surface area contributed by atoms with Crippen molar-refractivity contribution in [1.29, 1.82) is 0 Å². The van der Waals surface area contributed by atoms with Gasteiger partial charge >= 0.3 is 12.0 Å². The summed E-state index contributed by atoms with van der Waals surface area (Å²) in [5.74, 6) is -0.950. The average Bonchev–Trinajstić information content (AvgIpc) is 2.13. The molecule has 6 heteroatoms. The van der Waals surface area contributed by atoms with Crippen molar-refractivity contribution in [3.05, 3.63) is 0 Å². The van der Waals surface area contributed by atoms with E-state index >= 15 is 0 Å². The second kappa shape index (κ2) is 4.08. The van der Waals surface area contributed by atoms with Gasteiger partial charge < -0.3 is 10.1 Å². The molecule has 1 aliphatic heterocycles. The van der Waals surface area contributed by atoms with E-state index in [9.17, 15) is 14.4 Å². The van der Waals surface area contributed by atoms with Crippen LogP contribution in [0.3, 0.4) is 0 Å². The van der Waals surface area contributed by atoms with Gasteiger partial charge in [-0.15, -0.1) is 0 Å². The molecule has 3 amide bonds. The lowest BCUT2D eigenvalue weighted by atomic mass is 10.1. The number of esters is 1. The third-order valence-corrected chi connectivity index (χ3v) is 1.93. The molecule has 0 aromatic heterocycles. The molecule has 6 nitrogen and oxygen atoms in total. The van der Waals surface area contributed by atoms with E-state index < -0.39 is 18.0 Å². The van der Waals surface area contributed by atoms with Crippen LogP contribution in [0.25, 0.3) is 0 Å². The first kappa shape index (κ1) is 10.5. The van der Waals surface area contributed by atoms with Crippen LogP contribution in [0, 0.1) is 0 Å². The highest BCUT2D eigenvalue weighted by atomic mass is 16.5. The number of amides is 3. The third-order valence-electron chi connectivity index (χ3n) is 1.93. The number of ether oxygens (including phenoxy) is 1. The number of carbonyl (C=O) groups is 3. The standard InChI is InChI=1S/C8H12N2O4/c1-3-14-7(12)5-4-6(11)10(2)8(13)9-5/h5H,3-4H2,1-2H3,(H,9,13). The van der Waals surface area contributed by atoms with Crippen LogP contribution in [-0.2, 0) is 14.3 Å². The van der Waals surface area contributed by atoms with Gasteiger partial charge in [0.25, 0.3) is 0 Å². The van der Waals surface area contributed by atoms with Crippen molar-refractivity contribution >= 4 is 17.9 Å². The Bertz CT molecular complexity index is 259. The van der Waals surface area contributed by atoms with Crippen LogP contribution in [0.2, 0.25) is 0 Å². The van der Waals surface area contributed by atoms with E-state index in [2.05, 4.69) is 10.1 Å². The van der Waals surface area contributed by atoms with E-state index in [1.165, 1.54) is 7.05 Å². The quantitative estimate of drug-likeness (QED) is 0.609. The summed E-state index contributed by atoms with van der Waals surface area (Å²) < 4.78 is 4.69. The minimum atomic E-state index is -0.842. The molecule has 1 atom stereocenters. The van der Waals surface area contributed by atoms with Gasteiger partial charge in [0.05, 0.1) is 13.0 Å². The normalized spacial score (nSPS) is 21.9. The second-order valence-corrected chi connectivity index (χ2v) is 2.91. The van der Waals surface area contributed by atoms with Crippen LogP contribution in [0.1, 0.15) is 13.3 Å². The monoisotopic (exact) mass is 200 g/mol. The fraction of sp³-hybridized carbons (Fsp3) is 0.625. The van der Waals surface area contributed by atoms with Gasteiger partial charge in [-0.2, -0.15) is 0 Å². The molecule has 1 unspecified atom stereocenters. The maximum Gasteiger partial charge on any atom is 0.329 e. The summed E-state index contributed by atoms with van der Waals surface area (Å²) in [5.41, 5.74) is 0. The summed E-state index contributed by atoms with van der Waals surface area (Å²) in [7, 11) is 1.36. The maximum atomic E-state index is 11.2. The molecule has 0 aliphatic carbocycles. The molecule has 78 valence electrons. The molecule has 0 spiro atoms. The number of nitrogens with one attached hydrogen (secondary N) is 1. The first-order valence-electron chi connectivity index (χ1n) is 4.30. The Morgan fingerprint density at radius 1 is 1.64 bits per heavy atom. The second-order valence-electron chi connectivity index (χ2n) is 2.91. The molecular weight excluding hydrogens is 188 g/mol. The van der Waals surface area contributed by atoms with E-state index in [1.54, 1.807) is 6.92 Å². The van der Waals surface area contributed by atoms with Crippen molar-refractivity contribution < 1.29 is 19.1 Å². The van der Waals surface area contributed by atoms with Crippen molar-refractivity contribution in [2.24, 2.45) is 0 Å². The van der Waals surface area contributed by atoms with E-state index in [0.717, 1.165) is 4.90 Å². The molecule has 1 rings (SSSR count). The number of nitrogens with zero attached hydrogens (tertiary/aromatic N) is 1. The zero-order chi connectivity index (χ0) is 10.7. The average molecular weight is 200 g/mol. The Morgan fingerprint density at radius 3 is 2.79 bits per heavy atom. The Hall–Kier alpha value is -1.59. The maximum absolute atomic E-state index is 11.2. The van der Waals surface area contributed by atoms with Gasteiger partial charge in [-0.05, 0) is 6.92 Å². The molecule has 1 heterocycles. The number of hydrogen-bond donors (Lipinski definition) is 1. The van der Waals surface area contributed by atoms with Gasteiger partial charge in [0.2, 0.25) is 5.91 Å². The van der Waals surface area contributed by atoms with Crippen molar-refractivity contribution in [3.63, 3.8) is 0 Å². The SMILES string of the molecule is CCOC(=O)C1CC(=O)N(C)C(=O)N1. The van der Waals surface area contributed by atoms with Gasteiger partial charge in [0.15, 0.2) is 0 Å². The van der Waals surface area contributed by atoms with Crippen molar-refractivity contribution in [3.8, 4) is 0 Å². The lowest BCUT2D eigenvalue weighted by Gasteiger charge is -2.27. The predicted molar refractivity (Wildman–Crippen MR) is 46.3 cm³/mol. The number of carbonyl (C=O) groups excluding carboxylic acids is 3. The molecule has 14 heavy (non-hydrogen) atoms. The van der Waals surface area contributed by atoms with E-state index in [-0.39, 0.29) is 18.9 Å². The highest BCUT2D eigenvalue weighted by Crippen LogP contribution is 2.06. The minimum absolute atomic E-state index is 0.0406. The van der Waals surface area contributed by atoms with Crippen LogP contribution in [-0.4, -0.2) is 42.5 Å². The highest BCUT2D eigenvalue weighted by molar-refractivity contribution is 6.01. The Labute approximate surface area is 81.2 Å². The Morgan fingerprint density at radius 2 is 2.29 bits per heavy atom. The van der Waals surface area contributed by atoms with Crippen LogP contribution >= 0.6 is 0 Å². The molecule has 0 aromatic rings. The number of imide groups is 1. The Balaban J connectivity index is 2.62. The molecule has 0 saturated carbocycles. The summed E-state index contributed by atoms with van der Waals surface area (Å²) in [6, 6.07) is -1.41. The van der Waals surface area contributed by atoms with Crippen LogP contribution in [0.5, 0.6) is 0 Å². The first-order chi connectivity index (χ1) is 6.56. The van der Waals surface area contributed by atoms with Crippen molar-refractivity contribution in [2.75, 3.05) is 13.7 Å². The first-order valence-corrected chi connectivity index (χ1v) is 4.30. The number of urea groups is 1. The molecule has 1 N–H and O–H groups in total. The Kier molecular flexibility index (Phi) is 3.06. The molecule has 0 bridgehead atoms. The molecule has 0 aromatic carbocycles. The lowest BCUT2D eigenvalue weighted by molar-refractivity contribution is -0.148. The van der Waals surface area contributed by atoms with Gasteiger partial charge in [0, 0.05) is 7.05 Å². The largest absolute Gasteiger partial charge is 0.464 e. The zero-order valence-electron chi connectivity index (χ0n) is 8.07. The minimum Gasteiger partial charge on any atom is -0.464 e. The molecule has 1 fully saturated rings. The molecule has 1 saturated heterocycles. The van der Waals surface area contributed by atoms with Crippen LogP contribution in [0.4, 0.5) is 4.79 Å². The molecular formula is C8H12N2O4. The van der Waals surface area contributed by atoms with Crippen LogP contribution in [0.15, 0.2) is 0 Å². The molecule has 0 radical (unpaired) electrons. The summed E-state index contributed by atoms with van der Waals surface area (Å²) >= 11 is 0. The van der Waals surface area contributed by atoms with Gasteiger partial charge in [0.1, 0.15) is 6.04 Å². The van der Waals surface area contributed by atoms with Gasteiger partial charge in [-0.25, -0.2) is 9.59 Å². The van der Waals surface area contributed by atoms with Gasteiger partial charge in [-0.1, -0.05) is 0 Å². The summed E-state index contributed by atoms with van der Waals surface area (Å²) in [5, 5.41) is 2.37. The number of hydrogen-bond acceptors (Lipinski definition) is 4.